The third-order valence-electron chi connectivity index (χ3n) is 6.04. The Hall–Kier alpha value is -2.81. The molecule has 9 nitrogen and oxygen atoms in total. The summed E-state index contributed by atoms with van der Waals surface area (Å²) in [7, 11) is 3.80. The van der Waals surface area contributed by atoms with Crippen LogP contribution in [0.2, 0.25) is 0 Å². The van der Waals surface area contributed by atoms with Gasteiger partial charge in [-0.05, 0) is 32.0 Å². The Morgan fingerprint density at radius 3 is 2.79 bits per heavy atom. The molecule has 28 heavy (non-hydrogen) atoms. The van der Waals surface area contributed by atoms with Crippen molar-refractivity contribution in [1.29, 1.82) is 0 Å². The SMILES string of the molecule is CN(Cc1nccn(C)c1=O)C1CN(c2ccc3nnc(C4CCC4)n3n2)C1. The van der Waals surface area contributed by atoms with E-state index in [1.165, 1.54) is 19.3 Å². The molecule has 2 aliphatic rings. The van der Waals surface area contributed by atoms with E-state index in [9.17, 15) is 4.79 Å². The zero-order valence-corrected chi connectivity index (χ0v) is 16.2. The number of anilines is 1. The summed E-state index contributed by atoms with van der Waals surface area (Å²) in [5, 5.41) is 13.4. The molecule has 4 heterocycles. The molecule has 146 valence electrons. The first-order chi connectivity index (χ1) is 13.6. The third kappa shape index (κ3) is 2.86. The Morgan fingerprint density at radius 2 is 2.04 bits per heavy atom. The molecule has 1 saturated heterocycles. The minimum Gasteiger partial charge on any atom is -0.352 e. The van der Waals surface area contributed by atoms with Crippen LogP contribution in [0, 0.1) is 0 Å². The maximum atomic E-state index is 12.2. The summed E-state index contributed by atoms with van der Waals surface area (Å²) in [5.74, 6) is 2.43. The molecule has 0 atom stereocenters. The van der Waals surface area contributed by atoms with E-state index < -0.39 is 0 Å². The Labute approximate surface area is 162 Å². The number of hydrogen-bond acceptors (Lipinski definition) is 7. The minimum atomic E-state index is -0.0335. The van der Waals surface area contributed by atoms with Gasteiger partial charge in [0.25, 0.3) is 5.56 Å². The number of aromatic nitrogens is 6. The monoisotopic (exact) mass is 380 g/mol. The smallest absolute Gasteiger partial charge is 0.273 e. The number of likely N-dealkylation sites (N-methyl/N-ethyl adjacent to an activating group) is 1. The van der Waals surface area contributed by atoms with Crippen molar-refractivity contribution in [1.82, 2.24) is 34.3 Å². The van der Waals surface area contributed by atoms with Crippen molar-refractivity contribution in [3.05, 3.63) is 46.4 Å². The fourth-order valence-corrected chi connectivity index (χ4v) is 3.83. The molecule has 0 unspecified atom stereocenters. The van der Waals surface area contributed by atoms with Gasteiger partial charge in [-0.25, -0.2) is 0 Å². The van der Waals surface area contributed by atoms with E-state index in [-0.39, 0.29) is 5.56 Å². The molecular weight excluding hydrogens is 356 g/mol. The summed E-state index contributed by atoms with van der Waals surface area (Å²) < 4.78 is 3.48. The lowest BCUT2D eigenvalue weighted by Gasteiger charge is -2.44. The molecule has 2 fully saturated rings. The Bertz CT molecular complexity index is 1060. The Kier molecular flexibility index (Phi) is 4.12. The highest BCUT2D eigenvalue weighted by Crippen LogP contribution is 2.35. The Morgan fingerprint density at radius 1 is 1.21 bits per heavy atom. The summed E-state index contributed by atoms with van der Waals surface area (Å²) in [5.41, 5.74) is 1.36. The predicted octanol–water partition coefficient (Wildman–Crippen LogP) is 0.806. The van der Waals surface area contributed by atoms with Crippen molar-refractivity contribution < 1.29 is 0 Å². The van der Waals surface area contributed by atoms with E-state index in [2.05, 4.69) is 25.0 Å². The summed E-state index contributed by atoms with van der Waals surface area (Å²) in [4.78, 5) is 20.9. The van der Waals surface area contributed by atoms with Gasteiger partial charge in [-0.1, -0.05) is 6.42 Å². The first kappa shape index (κ1) is 17.3. The van der Waals surface area contributed by atoms with Gasteiger partial charge < -0.3 is 9.47 Å². The van der Waals surface area contributed by atoms with Crippen molar-refractivity contribution in [3.63, 3.8) is 0 Å². The van der Waals surface area contributed by atoms with Gasteiger partial charge in [0.2, 0.25) is 0 Å². The highest BCUT2D eigenvalue weighted by molar-refractivity contribution is 5.48. The molecule has 1 saturated carbocycles. The maximum Gasteiger partial charge on any atom is 0.273 e. The van der Waals surface area contributed by atoms with E-state index >= 15 is 0 Å². The van der Waals surface area contributed by atoms with Crippen molar-refractivity contribution in [2.75, 3.05) is 25.0 Å². The number of aryl methyl sites for hydroxylation is 1. The highest BCUT2D eigenvalue weighted by atomic mass is 16.1. The van der Waals surface area contributed by atoms with Gasteiger partial charge in [0.05, 0.1) is 0 Å². The van der Waals surface area contributed by atoms with Crippen LogP contribution in [0.5, 0.6) is 0 Å². The second-order valence-corrected chi connectivity index (χ2v) is 7.91. The average molecular weight is 380 g/mol. The summed E-state index contributed by atoms with van der Waals surface area (Å²) >= 11 is 0. The van der Waals surface area contributed by atoms with E-state index in [4.69, 9.17) is 5.10 Å². The van der Waals surface area contributed by atoms with Crippen LogP contribution in [-0.4, -0.2) is 60.4 Å². The fraction of sp³-hybridized carbons (Fsp3) is 0.526. The van der Waals surface area contributed by atoms with Crippen LogP contribution < -0.4 is 10.5 Å². The summed E-state index contributed by atoms with van der Waals surface area (Å²) in [6.07, 6.45) is 6.97. The number of hydrogen-bond donors (Lipinski definition) is 0. The molecule has 3 aromatic heterocycles. The van der Waals surface area contributed by atoms with E-state index in [0.29, 0.717) is 24.2 Å². The van der Waals surface area contributed by atoms with Crippen LogP contribution in [0.3, 0.4) is 0 Å². The molecular formula is C19H24N8O. The largest absolute Gasteiger partial charge is 0.352 e. The summed E-state index contributed by atoms with van der Waals surface area (Å²) in [6, 6.07) is 4.38. The predicted molar refractivity (Wildman–Crippen MR) is 104 cm³/mol. The van der Waals surface area contributed by atoms with Gasteiger partial charge in [-0.15, -0.1) is 15.3 Å². The quantitative estimate of drug-likeness (QED) is 0.647. The van der Waals surface area contributed by atoms with Crippen molar-refractivity contribution in [3.8, 4) is 0 Å². The number of rotatable bonds is 5. The van der Waals surface area contributed by atoms with Gasteiger partial charge in [0.15, 0.2) is 11.5 Å². The number of fused-ring (bicyclic) bond motifs is 1. The first-order valence-electron chi connectivity index (χ1n) is 9.78. The van der Waals surface area contributed by atoms with Crippen LogP contribution in [0.1, 0.15) is 36.7 Å². The van der Waals surface area contributed by atoms with Gasteiger partial charge in [-0.3, -0.25) is 14.7 Å². The van der Waals surface area contributed by atoms with Gasteiger partial charge in [-0.2, -0.15) is 4.52 Å². The van der Waals surface area contributed by atoms with E-state index in [1.54, 1.807) is 24.0 Å². The standard InChI is InChI=1S/C19H24N8O/c1-24-9-8-20-15(19(24)28)12-25(2)14-10-26(11-14)17-7-6-16-21-22-18(27(16)23-17)13-4-3-5-13/h6-9,13-14H,3-5,10-12H2,1-2H3. The van der Waals surface area contributed by atoms with E-state index in [1.807, 2.05) is 23.7 Å². The van der Waals surface area contributed by atoms with Crippen LogP contribution in [0.4, 0.5) is 5.82 Å². The molecule has 0 bridgehead atoms. The normalized spacial score (nSPS) is 17.9. The molecule has 1 aliphatic carbocycles. The van der Waals surface area contributed by atoms with Gasteiger partial charge in [0, 0.05) is 51.0 Å². The van der Waals surface area contributed by atoms with Crippen molar-refractivity contribution in [2.45, 2.75) is 37.8 Å². The first-order valence-corrected chi connectivity index (χ1v) is 9.78. The topological polar surface area (TPSA) is 84.5 Å². The van der Waals surface area contributed by atoms with Crippen LogP contribution in [0.15, 0.2) is 29.3 Å². The molecule has 0 spiro atoms. The molecule has 0 radical (unpaired) electrons. The molecule has 5 rings (SSSR count). The van der Waals surface area contributed by atoms with Gasteiger partial charge >= 0.3 is 0 Å². The average Bonchev–Trinajstić information content (AvgIpc) is 2.99. The lowest BCUT2D eigenvalue weighted by Crippen LogP contribution is -2.58. The summed E-state index contributed by atoms with van der Waals surface area (Å²) in [6.45, 7) is 2.31. The van der Waals surface area contributed by atoms with Crippen molar-refractivity contribution >= 4 is 11.5 Å². The third-order valence-corrected chi connectivity index (χ3v) is 6.04. The second-order valence-electron chi connectivity index (χ2n) is 7.91. The zero-order valence-electron chi connectivity index (χ0n) is 16.2. The second kappa shape index (κ2) is 6.66. The van der Waals surface area contributed by atoms with Gasteiger partial charge in [0.1, 0.15) is 11.5 Å². The minimum absolute atomic E-state index is 0.0335. The molecule has 0 amide bonds. The number of nitrogens with zero attached hydrogens (tertiary/aromatic N) is 8. The van der Waals surface area contributed by atoms with E-state index in [0.717, 1.165) is 30.4 Å². The lowest BCUT2D eigenvalue weighted by atomic mass is 9.85. The zero-order chi connectivity index (χ0) is 19.3. The molecule has 0 N–H and O–H groups in total. The molecule has 9 heteroatoms. The maximum absolute atomic E-state index is 12.2. The van der Waals surface area contributed by atoms with Crippen molar-refractivity contribution in [2.24, 2.45) is 7.05 Å². The fourth-order valence-electron chi connectivity index (χ4n) is 3.83. The molecule has 3 aromatic rings. The molecule has 0 aromatic carbocycles. The lowest BCUT2D eigenvalue weighted by molar-refractivity contribution is 0.193. The van der Waals surface area contributed by atoms with Crippen LogP contribution in [-0.2, 0) is 13.6 Å². The van der Waals surface area contributed by atoms with Crippen LogP contribution in [0.25, 0.3) is 5.65 Å². The molecule has 1 aliphatic heterocycles. The Balaban J connectivity index is 1.27. The van der Waals surface area contributed by atoms with Crippen LogP contribution >= 0.6 is 0 Å². The highest BCUT2D eigenvalue weighted by Gasteiger charge is 2.32.